The molecule has 0 aliphatic carbocycles. The topological polar surface area (TPSA) is 97.6 Å². The number of likely N-dealkylation sites (tertiary alicyclic amines) is 1. The van der Waals surface area contributed by atoms with E-state index in [2.05, 4.69) is 15.5 Å². The summed E-state index contributed by atoms with van der Waals surface area (Å²) in [5, 5.41) is 10.6. The molecule has 0 bridgehead atoms. The van der Waals surface area contributed by atoms with Crippen LogP contribution in [-0.4, -0.2) is 51.8 Å². The summed E-state index contributed by atoms with van der Waals surface area (Å²) in [4.78, 5) is 31.0. The molecular weight excluding hydrogens is 392 g/mol. The number of carbonyl (C=O) groups excluding carboxylic acids is 2. The van der Waals surface area contributed by atoms with Crippen molar-refractivity contribution in [1.82, 2.24) is 20.4 Å². The zero-order valence-corrected chi connectivity index (χ0v) is 18.1. The number of aromatic nitrogens is 2. The number of carbonyl (C=O) groups is 2. The molecule has 3 heterocycles. The van der Waals surface area contributed by atoms with Crippen LogP contribution < -0.4 is 5.32 Å². The number of alkyl carbamates (subject to hydrolysis) is 1. The fourth-order valence-corrected chi connectivity index (χ4v) is 3.98. The van der Waals surface area contributed by atoms with Gasteiger partial charge < -0.3 is 19.5 Å². The molecule has 0 saturated carbocycles. The first-order valence-electron chi connectivity index (χ1n) is 9.85. The Morgan fingerprint density at radius 1 is 1.45 bits per heavy atom. The molecule has 9 heteroatoms. The van der Waals surface area contributed by atoms with Crippen molar-refractivity contribution in [2.24, 2.45) is 5.92 Å². The molecule has 1 saturated heterocycles. The molecule has 1 fully saturated rings. The fraction of sp³-hybridized carbons (Fsp3) is 0.600. The summed E-state index contributed by atoms with van der Waals surface area (Å²) in [5.74, 6) is 1.33. The molecule has 1 aliphatic heterocycles. The SMILES string of the molecule is CC(NC(=O)OC(C)(C)C)C(=O)N1CCCC(Cc2nc(-c3ccsc3)no2)C1. The van der Waals surface area contributed by atoms with Gasteiger partial charge in [-0.25, -0.2) is 4.79 Å². The molecule has 158 valence electrons. The zero-order chi connectivity index (χ0) is 21.0. The molecule has 2 amide bonds. The first-order chi connectivity index (χ1) is 13.7. The normalized spacial score (nSPS) is 18.3. The minimum Gasteiger partial charge on any atom is -0.444 e. The van der Waals surface area contributed by atoms with Crippen LogP contribution in [0.1, 0.15) is 46.4 Å². The monoisotopic (exact) mass is 420 g/mol. The Labute approximate surface area is 174 Å². The molecule has 2 unspecified atom stereocenters. The van der Waals surface area contributed by atoms with Gasteiger partial charge in [-0.3, -0.25) is 4.79 Å². The number of nitrogens with one attached hydrogen (secondary N) is 1. The first kappa shape index (κ1) is 21.3. The van der Waals surface area contributed by atoms with Gasteiger partial charge in [-0.2, -0.15) is 16.3 Å². The van der Waals surface area contributed by atoms with E-state index < -0.39 is 17.7 Å². The van der Waals surface area contributed by atoms with Crippen molar-refractivity contribution in [3.63, 3.8) is 0 Å². The predicted octanol–water partition coefficient (Wildman–Crippen LogP) is 3.49. The Morgan fingerprint density at radius 2 is 2.24 bits per heavy atom. The molecule has 0 aromatic carbocycles. The number of nitrogens with zero attached hydrogens (tertiary/aromatic N) is 3. The second kappa shape index (κ2) is 8.94. The van der Waals surface area contributed by atoms with Crippen LogP contribution in [0.2, 0.25) is 0 Å². The summed E-state index contributed by atoms with van der Waals surface area (Å²) in [6, 6.07) is 1.32. The van der Waals surface area contributed by atoms with Crippen molar-refractivity contribution in [3.8, 4) is 11.4 Å². The van der Waals surface area contributed by atoms with Crippen LogP contribution in [0.15, 0.2) is 21.3 Å². The van der Waals surface area contributed by atoms with Crippen LogP contribution in [0.25, 0.3) is 11.4 Å². The highest BCUT2D eigenvalue weighted by Gasteiger charge is 2.29. The van der Waals surface area contributed by atoms with Gasteiger partial charge in [0.1, 0.15) is 11.6 Å². The van der Waals surface area contributed by atoms with Gasteiger partial charge >= 0.3 is 6.09 Å². The maximum Gasteiger partial charge on any atom is 0.408 e. The Bertz CT molecular complexity index is 828. The third kappa shape index (κ3) is 6.03. The first-order valence-corrected chi connectivity index (χ1v) is 10.8. The average Bonchev–Trinajstić information content (AvgIpc) is 3.31. The summed E-state index contributed by atoms with van der Waals surface area (Å²) in [7, 11) is 0. The van der Waals surface area contributed by atoms with Crippen LogP contribution in [-0.2, 0) is 16.0 Å². The largest absolute Gasteiger partial charge is 0.444 e. The van der Waals surface area contributed by atoms with Crippen molar-refractivity contribution < 1.29 is 18.8 Å². The number of hydrogen-bond acceptors (Lipinski definition) is 7. The maximum atomic E-state index is 12.8. The molecule has 2 aromatic heterocycles. The highest BCUT2D eigenvalue weighted by Crippen LogP contribution is 2.23. The van der Waals surface area contributed by atoms with Gasteiger partial charge in [-0.15, -0.1) is 0 Å². The number of ether oxygens (including phenoxy) is 1. The molecule has 1 N–H and O–H groups in total. The summed E-state index contributed by atoms with van der Waals surface area (Å²) in [6.07, 6.45) is 1.95. The number of piperidine rings is 1. The third-order valence-corrected chi connectivity index (χ3v) is 5.33. The van der Waals surface area contributed by atoms with E-state index in [1.807, 2.05) is 16.8 Å². The molecule has 8 nitrogen and oxygen atoms in total. The van der Waals surface area contributed by atoms with Gasteiger partial charge in [0.15, 0.2) is 0 Å². The van der Waals surface area contributed by atoms with Crippen LogP contribution in [0, 0.1) is 5.92 Å². The quantitative estimate of drug-likeness (QED) is 0.795. The van der Waals surface area contributed by atoms with Crippen LogP contribution in [0.3, 0.4) is 0 Å². The molecule has 3 rings (SSSR count). The molecule has 1 aliphatic rings. The molecule has 2 atom stereocenters. The average molecular weight is 421 g/mol. The standard InChI is InChI=1S/C20H28N4O4S/c1-13(21-19(26)27-20(2,3)4)18(25)24-8-5-6-14(11-24)10-16-22-17(23-28-16)15-7-9-29-12-15/h7,9,12-14H,5-6,8,10-11H2,1-4H3,(H,21,26). The van der Waals surface area contributed by atoms with Crippen molar-refractivity contribution in [2.45, 2.75) is 58.6 Å². The number of thiophene rings is 1. The van der Waals surface area contributed by atoms with E-state index in [0.29, 0.717) is 31.2 Å². The highest BCUT2D eigenvalue weighted by atomic mass is 32.1. The number of hydrogen-bond donors (Lipinski definition) is 1. The number of amides is 2. The molecular formula is C20H28N4O4S. The van der Waals surface area contributed by atoms with Crippen LogP contribution in [0.5, 0.6) is 0 Å². The Hall–Kier alpha value is -2.42. The lowest BCUT2D eigenvalue weighted by atomic mass is 9.94. The van der Waals surface area contributed by atoms with Crippen LogP contribution in [0.4, 0.5) is 4.79 Å². The summed E-state index contributed by atoms with van der Waals surface area (Å²) >= 11 is 1.59. The van der Waals surface area contributed by atoms with E-state index in [0.717, 1.165) is 18.4 Å². The second-order valence-corrected chi connectivity index (χ2v) is 9.17. The van der Waals surface area contributed by atoms with Gasteiger partial charge in [0.05, 0.1) is 0 Å². The summed E-state index contributed by atoms with van der Waals surface area (Å²) in [5.41, 5.74) is 0.349. The minimum atomic E-state index is -0.641. The van der Waals surface area contributed by atoms with E-state index >= 15 is 0 Å². The van der Waals surface area contributed by atoms with E-state index in [1.54, 1.807) is 43.9 Å². The lowest BCUT2D eigenvalue weighted by Gasteiger charge is -2.34. The highest BCUT2D eigenvalue weighted by molar-refractivity contribution is 7.08. The van der Waals surface area contributed by atoms with Gasteiger partial charge in [-0.05, 0) is 57.9 Å². The molecule has 0 radical (unpaired) electrons. The molecule has 2 aromatic rings. The van der Waals surface area contributed by atoms with E-state index in [1.165, 1.54) is 0 Å². The van der Waals surface area contributed by atoms with Gasteiger partial charge in [-0.1, -0.05) is 5.16 Å². The zero-order valence-electron chi connectivity index (χ0n) is 17.3. The summed E-state index contributed by atoms with van der Waals surface area (Å²) < 4.78 is 10.6. The lowest BCUT2D eigenvalue weighted by Crippen LogP contribution is -2.51. The third-order valence-electron chi connectivity index (χ3n) is 4.65. The van der Waals surface area contributed by atoms with Gasteiger partial charge in [0.25, 0.3) is 0 Å². The molecule has 0 spiro atoms. The smallest absolute Gasteiger partial charge is 0.408 e. The Morgan fingerprint density at radius 3 is 2.93 bits per heavy atom. The predicted molar refractivity (Wildman–Crippen MR) is 109 cm³/mol. The Kier molecular flexibility index (Phi) is 6.56. The van der Waals surface area contributed by atoms with E-state index in [4.69, 9.17) is 9.26 Å². The Balaban J connectivity index is 1.53. The van der Waals surface area contributed by atoms with Gasteiger partial charge in [0.2, 0.25) is 17.6 Å². The molecule has 29 heavy (non-hydrogen) atoms. The maximum absolute atomic E-state index is 12.8. The minimum absolute atomic E-state index is 0.106. The fourth-order valence-electron chi connectivity index (χ4n) is 3.35. The van der Waals surface area contributed by atoms with Crippen molar-refractivity contribution in [2.75, 3.05) is 13.1 Å². The number of rotatable bonds is 5. The van der Waals surface area contributed by atoms with E-state index in [-0.39, 0.29) is 11.8 Å². The lowest BCUT2D eigenvalue weighted by molar-refractivity contribution is -0.134. The van der Waals surface area contributed by atoms with Crippen molar-refractivity contribution in [1.29, 1.82) is 0 Å². The van der Waals surface area contributed by atoms with Gasteiger partial charge in [0, 0.05) is 30.5 Å². The summed E-state index contributed by atoms with van der Waals surface area (Å²) in [6.45, 7) is 8.33. The van der Waals surface area contributed by atoms with E-state index in [9.17, 15) is 9.59 Å². The van der Waals surface area contributed by atoms with Crippen molar-refractivity contribution in [3.05, 3.63) is 22.7 Å². The van der Waals surface area contributed by atoms with Crippen molar-refractivity contribution >= 4 is 23.3 Å². The second-order valence-electron chi connectivity index (χ2n) is 8.39. The van der Waals surface area contributed by atoms with Crippen LogP contribution >= 0.6 is 11.3 Å².